The highest BCUT2D eigenvalue weighted by Gasteiger charge is 2.22. The van der Waals surface area contributed by atoms with E-state index < -0.39 is 0 Å². The molecule has 0 heterocycles. The molecule has 0 fully saturated rings. The Bertz CT molecular complexity index is 591. The molecule has 2 aromatic rings. The molecule has 0 aliphatic carbocycles. The van der Waals surface area contributed by atoms with Crippen LogP contribution in [0.3, 0.4) is 0 Å². The van der Waals surface area contributed by atoms with Gasteiger partial charge < -0.3 is 0 Å². The zero-order valence-electron chi connectivity index (χ0n) is 11.0. The summed E-state index contributed by atoms with van der Waals surface area (Å²) in [5.41, 5.74) is 3.48. The van der Waals surface area contributed by atoms with Crippen LogP contribution in [0.15, 0.2) is 48.5 Å². The lowest BCUT2D eigenvalue weighted by Gasteiger charge is -2.26. The second-order valence-electron chi connectivity index (χ2n) is 5.00. The third-order valence-electron chi connectivity index (χ3n) is 3.47. The Kier molecular flexibility index (Phi) is 3.36. The Balaban J connectivity index is 2.40. The topological polar surface area (TPSA) is 47.6 Å². The number of benzene rings is 2. The molecule has 2 heteroatoms. The molecule has 0 aromatic heterocycles. The van der Waals surface area contributed by atoms with Crippen molar-refractivity contribution in [1.82, 2.24) is 0 Å². The van der Waals surface area contributed by atoms with Gasteiger partial charge >= 0.3 is 0 Å². The Morgan fingerprint density at radius 3 is 1.26 bits per heavy atom. The zero-order valence-corrected chi connectivity index (χ0v) is 11.0. The Labute approximate surface area is 113 Å². The van der Waals surface area contributed by atoms with Crippen molar-refractivity contribution in [3.8, 4) is 12.1 Å². The van der Waals surface area contributed by atoms with Gasteiger partial charge in [-0.1, -0.05) is 38.1 Å². The molecule has 2 nitrogen and oxygen atoms in total. The fourth-order valence-corrected chi connectivity index (χ4v) is 2.09. The van der Waals surface area contributed by atoms with Gasteiger partial charge in [-0.25, -0.2) is 0 Å². The van der Waals surface area contributed by atoms with Crippen molar-refractivity contribution in [2.24, 2.45) is 0 Å². The van der Waals surface area contributed by atoms with E-state index in [0.717, 1.165) is 11.1 Å². The van der Waals surface area contributed by atoms with E-state index in [1.807, 2.05) is 48.5 Å². The van der Waals surface area contributed by atoms with Gasteiger partial charge in [-0.15, -0.1) is 0 Å². The van der Waals surface area contributed by atoms with Crippen molar-refractivity contribution in [2.45, 2.75) is 19.3 Å². The Morgan fingerprint density at radius 2 is 1.00 bits per heavy atom. The summed E-state index contributed by atoms with van der Waals surface area (Å²) in [4.78, 5) is 0. The van der Waals surface area contributed by atoms with E-state index in [-0.39, 0.29) is 5.41 Å². The van der Waals surface area contributed by atoms with Crippen LogP contribution < -0.4 is 0 Å². The summed E-state index contributed by atoms with van der Waals surface area (Å²) in [6.45, 7) is 4.27. The van der Waals surface area contributed by atoms with E-state index in [1.165, 1.54) is 0 Å². The smallest absolute Gasteiger partial charge is 0.0991 e. The lowest BCUT2D eigenvalue weighted by molar-refractivity contribution is 0.640. The van der Waals surface area contributed by atoms with Gasteiger partial charge in [-0.05, 0) is 35.4 Å². The lowest BCUT2D eigenvalue weighted by Crippen LogP contribution is -2.18. The van der Waals surface area contributed by atoms with Gasteiger partial charge in [0.05, 0.1) is 23.3 Å². The van der Waals surface area contributed by atoms with Crippen LogP contribution in [0, 0.1) is 22.7 Å². The molecule has 0 saturated heterocycles. The second kappa shape index (κ2) is 4.96. The fourth-order valence-electron chi connectivity index (χ4n) is 2.09. The Hall–Kier alpha value is -2.58. The van der Waals surface area contributed by atoms with E-state index in [2.05, 4.69) is 26.0 Å². The molecule has 0 unspecified atom stereocenters. The minimum atomic E-state index is -0.151. The van der Waals surface area contributed by atoms with Gasteiger partial charge in [0.1, 0.15) is 0 Å². The molecule has 0 bridgehead atoms. The second-order valence-corrected chi connectivity index (χ2v) is 5.00. The van der Waals surface area contributed by atoms with E-state index >= 15 is 0 Å². The third-order valence-corrected chi connectivity index (χ3v) is 3.47. The van der Waals surface area contributed by atoms with Crippen molar-refractivity contribution >= 4 is 0 Å². The molecule has 0 aliphatic heterocycles. The first-order valence-corrected chi connectivity index (χ1v) is 6.09. The third kappa shape index (κ3) is 2.49. The summed E-state index contributed by atoms with van der Waals surface area (Å²) < 4.78 is 0. The van der Waals surface area contributed by atoms with E-state index in [4.69, 9.17) is 10.5 Å². The summed E-state index contributed by atoms with van der Waals surface area (Å²) in [7, 11) is 0. The molecule has 0 aliphatic rings. The highest BCUT2D eigenvalue weighted by Crippen LogP contribution is 2.31. The standard InChI is InChI=1S/C17H14N2/c1-17(2,15-7-3-13(11-18)4-8-15)16-9-5-14(12-19)6-10-16/h3-10H,1-2H3. The number of rotatable bonds is 2. The number of nitrogens with zero attached hydrogens (tertiary/aromatic N) is 2. The molecule has 0 radical (unpaired) electrons. The molecule has 19 heavy (non-hydrogen) atoms. The molecular formula is C17H14N2. The van der Waals surface area contributed by atoms with Gasteiger partial charge in [0.25, 0.3) is 0 Å². The van der Waals surface area contributed by atoms with Crippen molar-refractivity contribution in [3.63, 3.8) is 0 Å². The monoisotopic (exact) mass is 246 g/mol. The number of hydrogen-bond donors (Lipinski definition) is 0. The highest BCUT2D eigenvalue weighted by molar-refractivity contribution is 5.43. The first-order chi connectivity index (χ1) is 9.07. The van der Waals surface area contributed by atoms with Crippen LogP contribution in [0.5, 0.6) is 0 Å². The van der Waals surface area contributed by atoms with Gasteiger partial charge in [0.2, 0.25) is 0 Å². The van der Waals surface area contributed by atoms with Crippen LogP contribution in [0.1, 0.15) is 36.1 Å². The first kappa shape index (κ1) is 12.9. The molecule has 0 amide bonds. The van der Waals surface area contributed by atoms with Crippen LogP contribution in [0.4, 0.5) is 0 Å². The molecular weight excluding hydrogens is 232 g/mol. The molecule has 0 spiro atoms. The minimum Gasteiger partial charge on any atom is -0.192 e. The average Bonchev–Trinajstić information content (AvgIpc) is 2.47. The van der Waals surface area contributed by atoms with Gasteiger partial charge in [0.15, 0.2) is 0 Å². The minimum absolute atomic E-state index is 0.151. The summed E-state index contributed by atoms with van der Waals surface area (Å²) in [5, 5.41) is 17.7. The van der Waals surface area contributed by atoms with Gasteiger partial charge in [0, 0.05) is 5.41 Å². The largest absolute Gasteiger partial charge is 0.192 e. The van der Waals surface area contributed by atoms with Crippen molar-refractivity contribution in [1.29, 1.82) is 10.5 Å². The van der Waals surface area contributed by atoms with Crippen LogP contribution in [-0.2, 0) is 5.41 Å². The number of nitriles is 2. The fraction of sp³-hybridized carbons (Fsp3) is 0.176. The molecule has 0 N–H and O–H groups in total. The summed E-state index contributed by atoms with van der Waals surface area (Å²) >= 11 is 0. The summed E-state index contributed by atoms with van der Waals surface area (Å²) in [6.07, 6.45) is 0. The van der Waals surface area contributed by atoms with Crippen molar-refractivity contribution in [3.05, 3.63) is 70.8 Å². The predicted octanol–water partition coefficient (Wildman–Crippen LogP) is 3.76. The summed E-state index contributed by atoms with van der Waals surface area (Å²) in [6, 6.07) is 19.5. The molecule has 0 atom stereocenters. The summed E-state index contributed by atoms with van der Waals surface area (Å²) in [5.74, 6) is 0. The SMILES string of the molecule is CC(C)(c1ccc(C#N)cc1)c1ccc(C#N)cc1. The maximum absolute atomic E-state index is 8.83. The molecule has 92 valence electrons. The van der Waals surface area contributed by atoms with Crippen molar-refractivity contribution < 1.29 is 0 Å². The van der Waals surface area contributed by atoms with E-state index in [0.29, 0.717) is 11.1 Å². The van der Waals surface area contributed by atoms with Crippen LogP contribution in [-0.4, -0.2) is 0 Å². The maximum atomic E-state index is 8.83. The lowest BCUT2D eigenvalue weighted by atomic mass is 9.78. The predicted molar refractivity (Wildman–Crippen MR) is 74.4 cm³/mol. The quantitative estimate of drug-likeness (QED) is 0.810. The van der Waals surface area contributed by atoms with Crippen LogP contribution >= 0.6 is 0 Å². The molecule has 0 saturated carbocycles. The first-order valence-electron chi connectivity index (χ1n) is 6.09. The average molecular weight is 246 g/mol. The number of hydrogen-bond acceptors (Lipinski definition) is 2. The molecule has 2 aromatic carbocycles. The zero-order chi connectivity index (χ0) is 13.9. The van der Waals surface area contributed by atoms with E-state index in [9.17, 15) is 0 Å². The van der Waals surface area contributed by atoms with Crippen LogP contribution in [0.25, 0.3) is 0 Å². The van der Waals surface area contributed by atoms with Gasteiger partial charge in [-0.3, -0.25) is 0 Å². The van der Waals surface area contributed by atoms with E-state index in [1.54, 1.807) is 0 Å². The van der Waals surface area contributed by atoms with Gasteiger partial charge in [-0.2, -0.15) is 10.5 Å². The maximum Gasteiger partial charge on any atom is 0.0991 e. The Morgan fingerprint density at radius 1 is 0.684 bits per heavy atom. The normalized spacial score (nSPS) is 10.5. The molecule has 2 rings (SSSR count). The van der Waals surface area contributed by atoms with Crippen molar-refractivity contribution in [2.75, 3.05) is 0 Å². The highest BCUT2D eigenvalue weighted by atomic mass is 14.3. The van der Waals surface area contributed by atoms with Crippen LogP contribution in [0.2, 0.25) is 0 Å².